The van der Waals surface area contributed by atoms with Gasteiger partial charge in [-0.2, -0.15) is 44.9 Å². The van der Waals surface area contributed by atoms with E-state index in [2.05, 4.69) is 295 Å². The number of hydrogen-bond acceptors (Lipinski definition) is 26. The molecule has 11 heterocycles. The third-order valence-corrected chi connectivity index (χ3v) is 27.1. The van der Waals surface area contributed by atoms with Crippen LogP contribution in [-0.4, -0.2) is 210 Å². The summed E-state index contributed by atoms with van der Waals surface area (Å²) in [5.41, 5.74) is -1.55. The Balaban J connectivity index is 1.01. The number of piperidine rings is 8. The smallest absolute Gasteiger partial charge is 0.323 e. The van der Waals surface area contributed by atoms with Crippen LogP contribution in [0.4, 0.5) is 35.7 Å². The van der Waals surface area contributed by atoms with E-state index in [1.165, 1.54) is 44.9 Å². The predicted octanol–water partition coefficient (Wildman–Crippen LogP) is 17.2. The van der Waals surface area contributed by atoms with E-state index in [9.17, 15) is 0 Å². The zero-order chi connectivity index (χ0) is 90.4. The molecule has 3 aromatic heterocycles. The monoisotopic (exact) mass is 1710 g/mol. The van der Waals surface area contributed by atoms with Gasteiger partial charge in [0, 0.05) is 185 Å². The molecule has 0 radical (unpaired) electrons. The van der Waals surface area contributed by atoms with Crippen LogP contribution in [0, 0.1) is 17.8 Å². The van der Waals surface area contributed by atoms with E-state index in [0.29, 0.717) is 104 Å². The van der Waals surface area contributed by atoms with Crippen molar-refractivity contribution in [2.45, 2.75) is 501 Å². The Morgan fingerprint density at radius 2 is 0.447 bits per heavy atom. The molecule has 0 spiro atoms. The maximum absolute atomic E-state index is 7.28. The van der Waals surface area contributed by atoms with Crippen molar-refractivity contribution in [3.8, 4) is 18.0 Å². The molecule has 11 rings (SSSR count). The van der Waals surface area contributed by atoms with Crippen LogP contribution in [0.3, 0.4) is 0 Å². The van der Waals surface area contributed by atoms with Gasteiger partial charge in [-0.1, -0.05) is 38.5 Å². The zero-order valence-electron chi connectivity index (χ0n) is 83.8. The van der Waals surface area contributed by atoms with Crippen LogP contribution in [0.5, 0.6) is 18.0 Å². The largest absolute Gasteiger partial charge is 0.460 e. The SMILES string of the molecule is CC1(C)CC(CCCCNc2nc(OC3CC(C)(C)NC(C)(C)C3)nc(N(CCN(c3nc(NCCCCC4CC(C)(C)NC(C)(C)C4)nc(OC4CC(C)(C)NC(C)(C)C4)n3)C3CC(C)(C)NC(C)(C)C3)CCN(c3nc(NCCCCC4CC(C)(C)NC(C)(C)C4)nc(OC4CC(C)(C)NC(C)(C)C4)n3)C3CC(C)(C)NC(C)(C)C3)n2)CC(C)(C)N1. The fraction of sp³-hybridized carbons (Fsp3) is 0.907. The number of nitrogens with zero attached hydrogens (tertiary/aromatic N) is 12. The molecule has 0 aromatic carbocycles. The molecule has 123 heavy (non-hydrogen) atoms. The third-order valence-electron chi connectivity index (χ3n) is 27.1. The summed E-state index contributed by atoms with van der Waals surface area (Å²) < 4.78 is 21.7. The summed E-state index contributed by atoms with van der Waals surface area (Å²) in [4.78, 5) is 56.7. The minimum atomic E-state index is -0.248. The van der Waals surface area contributed by atoms with Crippen LogP contribution in [0.2, 0.25) is 0 Å². The van der Waals surface area contributed by atoms with Crippen LogP contribution < -0.4 is 87.4 Å². The summed E-state index contributed by atoms with van der Waals surface area (Å²) in [6.07, 6.45) is 24.3. The van der Waals surface area contributed by atoms with E-state index in [0.717, 1.165) is 129 Å². The number of nitrogens with one attached hydrogen (secondary N) is 11. The van der Waals surface area contributed by atoms with Crippen molar-refractivity contribution in [1.29, 1.82) is 0 Å². The molecule has 11 N–H and O–H groups in total. The van der Waals surface area contributed by atoms with Crippen molar-refractivity contribution in [3.63, 3.8) is 0 Å². The third kappa shape index (κ3) is 30.5. The Labute approximate surface area is 746 Å². The Kier molecular flexibility index (Phi) is 29.7. The lowest BCUT2D eigenvalue weighted by atomic mass is 9.74. The van der Waals surface area contributed by atoms with Gasteiger partial charge in [0.05, 0.1) is 0 Å². The van der Waals surface area contributed by atoms with Crippen LogP contribution in [0.25, 0.3) is 0 Å². The first-order chi connectivity index (χ1) is 56.4. The van der Waals surface area contributed by atoms with Gasteiger partial charge in [0.25, 0.3) is 0 Å². The second-order valence-electron chi connectivity index (χ2n) is 50.9. The van der Waals surface area contributed by atoms with Gasteiger partial charge in [-0.25, -0.2) is 0 Å². The van der Waals surface area contributed by atoms with Gasteiger partial charge in [0.15, 0.2) is 0 Å². The Morgan fingerprint density at radius 3 is 0.683 bits per heavy atom. The number of ether oxygens (including phenoxy) is 3. The average Bonchev–Trinajstić information content (AvgIpc) is 0.776. The van der Waals surface area contributed by atoms with E-state index in [1.807, 2.05) is 0 Å². The Hall–Kier alpha value is -5.09. The molecule has 0 saturated carbocycles. The molecular formula is C97H179N23O3. The molecule has 0 aliphatic carbocycles. The summed E-state index contributed by atoms with van der Waals surface area (Å²) in [5, 5.41) is 43.0. The molecule has 26 heteroatoms. The highest BCUT2D eigenvalue weighted by atomic mass is 16.5. The summed E-state index contributed by atoms with van der Waals surface area (Å²) in [5.74, 6) is 5.19. The van der Waals surface area contributed by atoms with E-state index in [4.69, 9.17) is 59.1 Å². The Bertz CT molecular complexity index is 3650. The molecule has 8 saturated heterocycles. The van der Waals surface area contributed by atoms with E-state index in [1.54, 1.807) is 0 Å². The topological polar surface area (TPSA) is 286 Å². The fourth-order valence-corrected chi connectivity index (χ4v) is 26.3. The van der Waals surface area contributed by atoms with Crippen LogP contribution in [0.15, 0.2) is 0 Å². The van der Waals surface area contributed by atoms with Crippen molar-refractivity contribution in [2.75, 3.05) is 76.5 Å². The summed E-state index contributed by atoms with van der Waals surface area (Å²) in [7, 11) is 0. The lowest BCUT2D eigenvalue weighted by Gasteiger charge is -2.50. The van der Waals surface area contributed by atoms with Gasteiger partial charge < -0.3 is 87.4 Å². The molecular weight excluding hydrogens is 1540 g/mol. The van der Waals surface area contributed by atoms with Gasteiger partial charge in [-0.15, -0.1) is 0 Å². The zero-order valence-corrected chi connectivity index (χ0v) is 83.8. The molecule has 700 valence electrons. The minimum absolute atomic E-state index is 0.0234. The molecule has 26 nitrogen and oxygen atoms in total. The first-order valence-electron chi connectivity index (χ1n) is 48.5. The summed E-state index contributed by atoms with van der Waals surface area (Å²) in [6.45, 7) is 78.4. The van der Waals surface area contributed by atoms with Crippen molar-refractivity contribution >= 4 is 35.7 Å². The molecule has 0 amide bonds. The molecule has 8 aliphatic heterocycles. The van der Waals surface area contributed by atoms with Crippen molar-refractivity contribution < 1.29 is 14.2 Å². The second-order valence-corrected chi connectivity index (χ2v) is 50.9. The van der Waals surface area contributed by atoms with E-state index >= 15 is 0 Å². The van der Waals surface area contributed by atoms with Gasteiger partial charge >= 0.3 is 18.0 Å². The lowest BCUT2D eigenvalue weighted by molar-refractivity contribution is 0.0491. The van der Waals surface area contributed by atoms with Crippen LogP contribution >= 0.6 is 0 Å². The highest BCUT2D eigenvalue weighted by Gasteiger charge is 2.48. The van der Waals surface area contributed by atoms with Crippen molar-refractivity contribution in [1.82, 2.24) is 87.4 Å². The number of unbranched alkanes of at least 4 members (excludes halogenated alkanes) is 3. The molecule has 3 aromatic rings. The van der Waals surface area contributed by atoms with Crippen LogP contribution in [-0.2, 0) is 0 Å². The average molecular weight is 1720 g/mol. The maximum atomic E-state index is 7.28. The van der Waals surface area contributed by atoms with E-state index < -0.39 is 0 Å². The van der Waals surface area contributed by atoms with Crippen LogP contribution in [0.1, 0.15) is 382 Å². The lowest BCUT2D eigenvalue weighted by Crippen LogP contribution is -2.63. The molecule has 0 bridgehead atoms. The number of aromatic nitrogens is 9. The highest BCUT2D eigenvalue weighted by molar-refractivity contribution is 5.45. The molecule has 0 unspecified atom stereocenters. The number of anilines is 6. The standard InChI is InChI=1S/C97H179N23O3/c1-82(2)49-65(50-83(3,4)110-82)39-33-36-42-98-73-101-76(107-79(104-73)121-70-59-92(21,22)115-93(23,24)60-70)118(45-47-119(68-55-88(13,14)113-89(15,16)56-68)77-102-74(99-43-37-34-40-66-51-84(5,6)111-85(7,8)52-66)105-80(108-77)122-71-61-94(25,26)116-95(27,28)62-71)46-48-120(69-57-90(17,18)114-91(19,20)58-69)78-103-75(100-44-38-35-41-67-53-86(9,10)112-87(11,12)54-67)106-81(109-78)123-72-63-96(29,30)117-97(31,32)64-72/h65-72,110-117H,33-64H2,1-32H3,(H,98,101,104,107)(H,99,102,105,108)(H,100,103,106,109). The van der Waals surface area contributed by atoms with Gasteiger partial charge in [-0.3, -0.25) is 0 Å². The minimum Gasteiger partial charge on any atom is -0.460 e. The first kappa shape index (κ1) is 98.5. The van der Waals surface area contributed by atoms with Gasteiger partial charge in [-0.05, 0) is 323 Å². The van der Waals surface area contributed by atoms with Gasteiger partial charge in [0.1, 0.15) is 18.3 Å². The molecule has 8 fully saturated rings. The first-order valence-corrected chi connectivity index (χ1v) is 48.5. The fourth-order valence-electron chi connectivity index (χ4n) is 26.3. The summed E-state index contributed by atoms with van der Waals surface area (Å²) in [6, 6.07) is 0.948. The molecule has 0 atom stereocenters. The normalized spacial score (nSPS) is 25.8. The predicted molar refractivity (Wildman–Crippen MR) is 509 cm³/mol. The highest BCUT2D eigenvalue weighted by Crippen LogP contribution is 2.43. The van der Waals surface area contributed by atoms with Crippen molar-refractivity contribution in [3.05, 3.63) is 0 Å². The van der Waals surface area contributed by atoms with Gasteiger partial charge in [0.2, 0.25) is 35.7 Å². The number of hydrogen-bond donors (Lipinski definition) is 11. The second kappa shape index (κ2) is 37.0. The quantitative estimate of drug-likeness (QED) is 0.0244. The van der Waals surface area contributed by atoms with E-state index in [-0.39, 0.29) is 119 Å². The van der Waals surface area contributed by atoms with Crippen molar-refractivity contribution in [2.24, 2.45) is 17.8 Å². The number of rotatable bonds is 35. The maximum Gasteiger partial charge on any atom is 0.323 e. The Morgan fingerprint density at radius 1 is 0.244 bits per heavy atom. The summed E-state index contributed by atoms with van der Waals surface area (Å²) >= 11 is 0. The molecule has 8 aliphatic rings.